The Hall–Kier alpha value is -2.06. The van der Waals surface area contributed by atoms with Gasteiger partial charge in [0.25, 0.3) is 0 Å². The zero-order chi connectivity index (χ0) is 23.7. The minimum atomic E-state index is -0.442. The van der Waals surface area contributed by atoms with E-state index in [0.29, 0.717) is 45.5 Å². The fraction of sp³-hybridized carbons (Fsp3) is 0.593. The smallest absolute Gasteiger partial charge is 0.227 e. The number of hydrogen-bond acceptors (Lipinski definition) is 5. The first-order valence-corrected chi connectivity index (χ1v) is 12.6. The first kappa shape index (κ1) is 23.7. The van der Waals surface area contributed by atoms with Crippen molar-refractivity contribution in [3.05, 3.63) is 58.4 Å². The van der Waals surface area contributed by atoms with Crippen LogP contribution in [0.1, 0.15) is 43.2 Å². The molecule has 2 unspecified atom stereocenters. The molecule has 2 saturated heterocycles. The number of benzene rings is 1. The third kappa shape index (κ3) is 4.85. The van der Waals surface area contributed by atoms with Crippen molar-refractivity contribution in [3.63, 3.8) is 0 Å². The highest BCUT2D eigenvalue weighted by molar-refractivity contribution is 5.79. The summed E-state index contributed by atoms with van der Waals surface area (Å²) < 4.78 is 20.3. The van der Waals surface area contributed by atoms with Crippen molar-refractivity contribution in [3.8, 4) is 0 Å². The van der Waals surface area contributed by atoms with E-state index < -0.39 is 6.10 Å². The first-order valence-electron chi connectivity index (χ1n) is 12.6. The van der Waals surface area contributed by atoms with Gasteiger partial charge in [-0.15, -0.1) is 0 Å². The van der Waals surface area contributed by atoms with Gasteiger partial charge in [0.05, 0.1) is 30.8 Å². The Morgan fingerprint density at radius 3 is 2.74 bits per heavy atom. The fourth-order valence-corrected chi connectivity index (χ4v) is 6.03. The molecule has 1 spiro atoms. The number of ether oxygens (including phenoxy) is 1. The van der Waals surface area contributed by atoms with Gasteiger partial charge >= 0.3 is 0 Å². The van der Waals surface area contributed by atoms with Crippen LogP contribution in [0.5, 0.6) is 0 Å². The number of β-amino-alcohol motifs (C(OH)–C–C–N with tert-alkyl or cyclic N) is 1. The summed E-state index contributed by atoms with van der Waals surface area (Å²) in [5, 5.41) is 19.5. The maximum atomic E-state index is 14.0. The highest BCUT2D eigenvalue weighted by atomic mass is 19.1. The van der Waals surface area contributed by atoms with E-state index in [1.807, 2.05) is 24.3 Å². The fourth-order valence-electron chi connectivity index (χ4n) is 6.03. The van der Waals surface area contributed by atoms with Gasteiger partial charge in [-0.2, -0.15) is 0 Å². The normalized spacial score (nSPS) is 25.6. The summed E-state index contributed by atoms with van der Waals surface area (Å²) >= 11 is 0. The third-order valence-corrected chi connectivity index (χ3v) is 7.98. The average Bonchev–Trinajstić information content (AvgIpc) is 3.43. The summed E-state index contributed by atoms with van der Waals surface area (Å²) in [6, 6.07) is 7.78. The molecule has 3 aliphatic heterocycles. The van der Waals surface area contributed by atoms with Crippen LogP contribution in [0.25, 0.3) is 0 Å². The molecule has 2 fully saturated rings. The third-order valence-electron chi connectivity index (χ3n) is 7.98. The van der Waals surface area contributed by atoms with Crippen LogP contribution in [0.2, 0.25) is 0 Å². The number of aliphatic hydroxyl groups excluding tert-OH is 2. The van der Waals surface area contributed by atoms with Crippen LogP contribution >= 0.6 is 0 Å². The molecule has 1 aliphatic carbocycles. The number of likely N-dealkylation sites (tertiary alicyclic amines) is 2. The summed E-state index contributed by atoms with van der Waals surface area (Å²) in [5.74, 6) is -0.181. The number of carbonyl (C=O) groups is 1. The number of amides is 1. The largest absolute Gasteiger partial charge is 0.392 e. The SMILES string of the molecule is O=C(C(Cc1cccc(CO)c1)CN1CCC2(CC1)OCC1=C2C=C(F)CC1)N1CCC(O)C1. The van der Waals surface area contributed by atoms with Gasteiger partial charge in [-0.05, 0) is 60.5 Å². The van der Waals surface area contributed by atoms with E-state index in [4.69, 9.17) is 4.74 Å². The van der Waals surface area contributed by atoms with Gasteiger partial charge in [0.2, 0.25) is 5.91 Å². The summed E-state index contributed by atoms with van der Waals surface area (Å²) in [5.41, 5.74) is 3.82. The van der Waals surface area contributed by atoms with E-state index in [-0.39, 0.29) is 29.9 Å². The number of hydrogen-bond donors (Lipinski definition) is 2. The van der Waals surface area contributed by atoms with E-state index >= 15 is 0 Å². The van der Waals surface area contributed by atoms with Crippen LogP contribution < -0.4 is 0 Å². The highest BCUT2D eigenvalue weighted by Crippen LogP contribution is 2.45. The highest BCUT2D eigenvalue weighted by Gasteiger charge is 2.45. The van der Waals surface area contributed by atoms with Gasteiger partial charge in [-0.3, -0.25) is 4.79 Å². The van der Waals surface area contributed by atoms with E-state index in [2.05, 4.69) is 4.90 Å². The van der Waals surface area contributed by atoms with Gasteiger partial charge < -0.3 is 24.7 Å². The zero-order valence-corrected chi connectivity index (χ0v) is 19.7. The molecule has 1 aromatic rings. The molecule has 5 rings (SSSR count). The van der Waals surface area contributed by atoms with E-state index in [1.54, 1.807) is 11.0 Å². The molecule has 0 saturated carbocycles. The zero-order valence-electron chi connectivity index (χ0n) is 19.7. The monoisotopic (exact) mass is 470 g/mol. The number of carbonyl (C=O) groups excluding carboxylic acids is 1. The van der Waals surface area contributed by atoms with Crippen LogP contribution in [0.15, 0.2) is 47.3 Å². The Balaban J connectivity index is 1.28. The molecule has 3 heterocycles. The predicted octanol–water partition coefficient (Wildman–Crippen LogP) is 2.74. The second-order valence-electron chi connectivity index (χ2n) is 10.3. The van der Waals surface area contributed by atoms with Crippen LogP contribution in [0.4, 0.5) is 4.39 Å². The number of rotatable bonds is 6. The molecule has 7 heteroatoms. The van der Waals surface area contributed by atoms with Crippen LogP contribution in [0, 0.1) is 5.92 Å². The second-order valence-corrected chi connectivity index (χ2v) is 10.3. The molecule has 0 radical (unpaired) electrons. The number of piperidine rings is 1. The van der Waals surface area contributed by atoms with Crippen molar-refractivity contribution in [2.24, 2.45) is 5.92 Å². The summed E-state index contributed by atoms with van der Waals surface area (Å²) in [6.07, 6.45) is 5.34. The number of allylic oxidation sites excluding steroid dienone is 1. The van der Waals surface area contributed by atoms with Crippen molar-refractivity contribution in [2.45, 2.75) is 56.8 Å². The van der Waals surface area contributed by atoms with Gasteiger partial charge in [0.1, 0.15) is 5.83 Å². The molecule has 2 N–H and O–H groups in total. The quantitative estimate of drug-likeness (QED) is 0.669. The van der Waals surface area contributed by atoms with Gasteiger partial charge in [0.15, 0.2) is 0 Å². The van der Waals surface area contributed by atoms with Crippen LogP contribution in [0.3, 0.4) is 0 Å². The maximum absolute atomic E-state index is 14.0. The topological polar surface area (TPSA) is 73.2 Å². The van der Waals surface area contributed by atoms with E-state index in [0.717, 1.165) is 49.1 Å². The van der Waals surface area contributed by atoms with Crippen molar-refractivity contribution >= 4 is 5.91 Å². The van der Waals surface area contributed by atoms with Gasteiger partial charge in [0, 0.05) is 39.1 Å². The maximum Gasteiger partial charge on any atom is 0.227 e. The Bertz CT molecular complexity index is 983. The lowest BCUT2D eigenvalue weighted by Gasteiger charge is -2.41. The van der Waals surface area contributed by atoms with Crippen molar-refractivity contribution in [1.82, 2.24) is 9.80 Å². The predicted molar refractivity (Wildman–Crippen MR) is 127 cm³/mol. The minimum Gasteiger partial charge on any atom is -0.392 e. The van der Waals surface area contributed by atoms with Gasteiger partial charge in [-0.25, -0.2) is 4.39 Å². The summed E-state index contributed by atoms with van der Waals surface area (Å²) in [7, 11) is 0. The number of fused-ring (bicyclic) bond motifs is 1. The Labute approximate surface area is 200 Å². The molecule has 1 aromatic carbocycles. The van der Waals surface area contributed by atoms with Crippen molar-refractivity contribution in [1.29, 1.82) is 0 Å². The number of nitrogens with zero attached hydrogens (tertiary/aromatic N) is 2. The second kappa shape index (κ2) is 9.90. The molecular formula is C27H35FN2O4. The lowest BCUT2D eigenvalue weighted by atomic mass is 9.80. The molecule has 34 heavy (non-hydrogen) atoms. The molecule has 4 aliphatic rings. The molecule has 6 nitrogen and oxygen atoms in total. The van der Waals surface area contributed by atoms with E-state index in [1.165, 1.54) is 5.57 Å². The average molecular weight is 471 g/mol. The van der Waals surface area contributed by atoms with Crippen LogP contribution in [-0.2, 0) is 22.6 Å². The van der Waals surface area contributed by atoms with Crippen LogP contribution in [-0.4, -0.2) is 77.0 Å². The lowest BCUT2D eigenvalue weighted by molar-refractivity contribution is -0.135. The Morgan fingerprint density at radius 2 is 2.00 bits per heavy atom. The standard InChI is InChI=1S/C27H35FN2O4/c28-23-5-4-21-18-34-27(25(21)14-23)7-10-29(11-8-27)15-22(26(33)30-9-6-24(32)16-30)13-19-2-1-3-20(12-19)17-31/h1-3,12,14,22,24,31-32H,4-11,13,15-18H2. The van der Waals surface area contributed by atoms with E-state index in [9.17, 15) is 19.4 Å². The molecule has 2 atom stereocenters. The molecule has 0 bridgehead atoms. The molecular weight excluding hydrogens is 435 g/mol. The Kier molecular flexibility index (Phi) is 6.89. The minimum absolute atomic E-state index is 0.0220. The van der Waals surface area contributed by atoms with Crippen molar-refractivity contribution < 1.29 is 24.1 Å². The summed E-state index contributed by atoms with van der Waals surface area (Å²) in [6.45, 7) is 3.83. The lowest BCUT2D eigenvalue weighted by Crippen LogP contribution is -2.49. The van der Waals surface area contributed by atoms with Crippen molar-refractivity contribution in [2.75, 3.05) is 39.3 Å². The number of halogens is 1. The molecule has 184 valence electrons. The molecule has 1 amide bonds. The first-order chi connectivity index (χ1) is 16.5. The number of aliphatic hydroxyl groups is 2. The van der Waals surface area contributed by atoms with Gasteiger partial charge in [-0.1, -0.05) is 24.3 Å². The summed E-state index contributed by atoms with van der Waals surface area (Å²) in [4.78, 5) is 17.6. The Morgan fingerprint density at radius 1 is 1.21 bits per heavy atom. The molecule has 0 aromatic heterocycles.